The van der Waals surface area contributed by atoms with Gasteiger partial charge >= 0.3 is 0 Å². The highest BCUT2D eigenvalue weighted by Crippen LogP contribution is 2.12. The van der Waals surface area contributed by atoms with Crippen molar-refractivity contribution in [3.8, 4) is 11.9 Å². The molecule has 0 saturated carbocycles. The topological polar surface area (TPSA) is 58.8 Å². The highest BCUT2D eigenvalue weighted by atomic mass is 16.5. The Labute approximate surface area is 77.2 Å². The SMILES string of the molecule is CCCOc1nc(C)ncc1C#N. The molecule has 1 aromatic heterocycles. The second kappa shape index (κ2) is 4.41. The predicted molar refractivity (Wildman–Crippen MR) is 47.3 cm³/mol. The van der Waals surface area contributed by atoms with Gasteiger partial charge in [-0.05, 0) is 13.3 Å². The van der Waals surface area contributed by atoms with Crippen molar-refractivity contribution in [2.24, 2.45) is 0 Å². The summed E-state index contributed by atoms with van der Waals surface area (Å²) in [5.41, 5.74) is 0.388. The highest BCUT2D eigenvalue weighted by Gasteiger charge is 2.04. The van der Waals surface area contributed by atoms with E-state index in [-0.39, 0.29) is 0 Å². The highest BCUT2D eigenvalue weighted by molar-refractivity contribution is 5.35. The second-order valence-electron chi connectivity index (χ2n) is 2.60. The summed E-state index contributed by atoms with van der Waals surface area (Å²) in [5, 5.41) is 8.70. The molecule has 0 bridgehead atoms. The average Bonchev–Trinajstić information content (AvgIpc) is 2.15. The van der Waals surface area contributed by atoms with E-state index < -0.39 is 0 Å². The van der Waals surface area contributed by atoms with Crippen LogP contribution in [0.2, 0.25) is 0 Å². The molecule has 0 aliphatic heterocycles. The summed E-state index contributed by atoms with van der Waals surface area (Å²) < 4.78 is 5.28. The van der Waals surface area contributed by atoms with Crippen LogP contribution in [0, 0.1) is 18.3 Å². The molecule has 13 heavy (non-hydrogen) atoms. The number of rotatable bonds is 3. The second-order valence-corrected chi connectivity index (χ2v) is 2.60. The molecule has 1 heterocycles. The first kappa shape index (κ1) is 9.46. The van der Waals surface area contributed by atoms with E-state index in [1.807, 2.05) is 13.0 Å². The number of aryl methyl sites for hydroxylation is 1. The molecule has 0 aliphatic carbocycles. The van der Waals surface area contributed by atoms with Crippen molar-refractivity contribution in [2.45, 2.75) is 20.3 Å². The predicted octanol–water partition coefficient (Wildman–Crippen LogP) is 1.45. The zero-order valence-electron chi connectivity index (χ0n) is 7.74. The van der Waals surface area contributed by atoms with Gasteiger partial charge in [-0.15, -0.1) is 0 Å². The molecule has 0 fully saturated rings. The van der Waals surface area contributed by atoms with Crippen LogP contribution in [0.1, 0.15) is 24.7 Å². The fraction of sp³-hybridized carbons (Fsp3) is 0.444. The van der Waals surface area contributed by atoms with Crippen molar-refractivity contribution in [1.82, 2.24) is 9.97 Å². The van der Waals surface area contributed by atoms with Gasteiger partial charge in [0.15, 0.2) is 0 Å². The average molecular weight is 177 g/mol. The maximum absolute atomic E-state index is 8.70. The minimum atomic E-state index is 0.386. The minimum absolute atomic E-state index is 0.386. The van der Waals surface area contributed by atoms with Gasteiger partial charge < -0.3 is 4.74 Å². The fourth-order valence-electron chi connectivity index (χ4n) is 0.835. The van der Waals surface area contributed by atoms with E-state index in [0.717, 1.165) is 6.42 Å². The minimum Gasteiger partial charge on any atom is -0.477 e. The molecule has 68 valence electrons. The van der Waals surface area contributed by atoms with Gasteiger partial charge in [0.25, 0.3) is 0 Å². The Morgan fingerprint density at radius 1 is 1.62 bits per heavy atom. The van der Waals surface area contributed by atoms with Gasteiger partial charge in [-0.1, -0.05) is 6.92 Å². The van der Waals surface area contributed by atoms with Crippen LogP contribution < -0.4 is 4.74 Å². The normalized spacial score (nSPS) is 9.31. The summed E-state index contributed by atoms with van der Waals surface area (Å²) in [6, 6.07) is 1.98. The summed E-state index contributed by atoms with van der Waals surface area (Å²) >= 11 is 0. The lowest BCUT2D eigenvalue weighted by Crippen LogP contribution is -2.01. The first-order chi connectivity index (χ1) is 6.27. The quantitative estimate of drug-likeness (QED) is 0.701. The molecule has 0 radical (unpaired) electrons. The maximum atomic E-state index is 8.70. The van der Waals surface area contributed by atoms with Crippen LogP contribution in [0.4, 0.5) is 0 Å². The standard InChI is InChI=1S/C9H11N3O/c1-3-4-13-9-8(5-10)6-11-7(2)12-9/h6H,3-4H2,1-2H3. The van der Waals surface area contributed by atoms with Crippen LogP contribution in [-0.2, 0) is 0 Å². The molecule has 1 rings (SSSR count). The van der Waals surface area contributed by atoms with Gasteiger partial charge in [0, 0.05) is 0 Å². The van der Waals surface area contributed by atoms with E-state index in [4.69, 9.17) is 10.00 Å². The number of hydrogen-bond donors (Lipinski definition) is 0. The van der Waals surface area contributed by atoms with Crippen molar-refractivity contribution >= 4 is 0 Å². The van der Waals surface area contributed by atoms with Crippen LogP contribution in [0.15, 0.2) is 6.20 Å². The van der Waals surface area contributed by atoms with E-state index in [9.17, 15) is 0 Å². The Hall–Kier alpha value is -1.63. The van der Waals surface area contributed by atoms with Crippen molar-refractivity contribution in [3.63, 3.8) is 0 Å². The molecule has 0 aliphatic rings. The third-order valence-corrected chi connectivity index (χ3v) is 1.44. The molecule has 0 amide bonds. The van der Waals surface area contributed by atoms with Crippen LogP contribution in [0.3, 0.4) is 0 Å². The fourth-order valence-corrected chi connectivity index (χ4v) is 0.835. The van der Waals surface area contributed by atoms with Gasteiger partial charge in [-0.3, -0.25) is 0 Å². The van der Waals surface area contributed by atoms with Gasteiger partial charge in [0.05, 0.1) is 12.8 Å². The molecule has 0 aromatic carbocycles. The Morgan fingerprint density at radius 3 is 3.00 bits per heavy atom. The monoisotopic (exact) mass is 177 g/mol. The van der Waals surface area contributed by atoms with Crippen molar-refractivity contribution in [3.05, 3.63) is 17.6 Å². The van der Waals surface area contributed by atoms with E-state index in [1.54, 1.807) is 6.92 Å². The van der Waals surface area contributed by atoms with E-state index in [2.05, 4.69) is 9.97 Å². The third kappa shape index (κ3) is 2.41. The Balaban J connectivity index is 2.89. The van der Waals surface area contributed by atoms with Gasteiger partial charge in [0.2, 0.25) is 5.88 Å². The number of hydrogen-bond acceptors (Lipinski definition) is 4. The van der Waals surface area contributed by atoms with Gasteiger partial charge in [0.1, 0.15) is 17.5 Å². The summed E-state index contributed by atoms with van der Waals surface area (Å²) in [6.45, 7) is 4.34. The van der Waals surface area contributed by atoms with Crippen LogP contribution in [0.5, 0.6) is 5.88 Å². The maximum Gasteiger partial charge on any atom is 0.235 e. The molecule has 1 aromatic rings. The van der Waals surface area contributed by atoms with Crippen molar-refractivity contribution in [1.29, 1.82) is 5.26 Å². The number of nitriles is 1. The Morgan fingerprint density at radius 2 is 2.38 bits per heavy atom. The first-order valence-corrected chi connectivity index (χ1v) is 4.14. The number of ether oxygens (including phenoxy) is 1. The van der Waals surface area contributed by atoms with Gasteiger partial charge in [-0.2, -0.15) is 10.2 Å². The van der Waals surface area contributed by atoms with Crippen LogP contribution in [0.25, 0.3) is 0 Å². The van der Waals surface area contributed by atoms with E-state index in [0.29, 0.717) is 23.9 Å². The molecule has 4 nitrogen and oxygen atoms in total. The number of nitrogens with zero attached hydrogens (tertiary/aromatic N) is 3. The number of aromatic nitrogens is 2. The Kier molecular flexibility index (Phi) is 3.21. The smallest absolute Gasteiger partial charge is 0.235 e. The molecule has 0 atom stereocenters. The molecular formula is C9H11N3O. The molecular weight excluding hydrogens is 166 g/mol. The molecule has 0 spiro atoms. The van der Waals surface area contributed by atoms with Crippen molar-refractivity contribution < 1.29 is 4.74 Å². The molecule has 4 heteroatoms. The zero-order valence-corrected chi connectivity index (χ0v) is 7.74. The summed E-state index contributed by atoms with van der Waals surface area (Å²) in [7, 11) is 0. The lowest BCUT2D eigenvalue weighted by Gasteiger charge is -2.04. The zero-order chi connectivity index (χ0) is 9.68. The van der Waals surface area contributed by atoms with E-state index >= 15 is 0 Å². The first-order valence-electron chi connectivity index (χ1n) is 4.14. The van der Waals surface area contributed by atoms with Crippen LogP contribution >= 0.6 is 0 Å². The third-order valence-electron chi connectivity index (χ3n) is 1.44. The summed E-state index contributed by atoms with van der Waals surface area (Å²) in [4.78, 5) is 7.93. The lowest BCUT2D eigenvalue weighted by molar-refractivity contribution is 0.303. The van der Waals surface area contributed by atoms with Gasteiger partial charge in [-0.25, -0.2) is 4.98 Å². The Bertz CT molecular complexity index is 330. The summed E-state index contributed by atoms with van der Waals surface area (Å²) in [5.74, 6) is 1.00. The molecule has 0 saturated heterocycles. The largest absolute Gasteiger partial charge is 0.477 e. The lowest BCUT2D eigenvalue weighted by atomic mass is 10.3. The molecule has 0 unspecified atom stereocenters. The summed E-state index contributed by atoms with van der Waals surface area (Å²) in [6.07, 6.45) is 2.38. The van der Waals surface area contributed by atoms with Crippen molar-refractivity contribution in [2.75, 3.05) is 6.61 Å². The van der Waals surface area contributed by atoms with E-state index in [1.165, 1.54) is 6.20 Å². The van der Waals surface area contributed by atoms with Crippen LogP contribution in [-0.4, -0.2) is 16.6 Å². The molecule has 0 N–H and O–H groups in total.